The lowest BCUT2D eigenvalue weighted by Gasteiger charge is -2.15. The van der Waals surface area contributed by atoms with Gasteiger partial charge in [-0.25, -0.2) is 4.79 Å². The highest BCUT2D eigenvalue weighted by atomic mass is 16.2. The van der Waals surface area contributed by atoms with Crippen LogP contribution in [0.2, 0.25) is 0 Å². The zero-order valence-electron chi connectivity index (χ0n) is 14.9. The third-order valence-electron chi connectivity index (χ3n) is 3.95. The molecule has 0 unspecified atom stereocenters. The van der Waals surface area contributed by atoms with Crippen molar-refractivity contribution in [3.8, 4) is 0 Å². The molecule has 1 aliphatic rings. The summed E-state index contributed by atoms with van der Waals surface area (Å²) in [5.41, 5.74) is 2.52. The molecule has 2 heterocycles. The molecule has 26 heavy (non-hydrogen) atoms. The highest BCUT2D eigenvalue weighted by Gasteiger charge is 2.35. The Morgan fingerprint density at radius 1 is 1.04 bits per heavy atom. The molecule has 1 aromatic carbocycles. The fourth-order valence-corrected chi connectivity index (χ4v) is 2.73. The largest absolute Gasteiger partial charge is 0.323 e. The van der Waals surface area contributed by atoms with E-state index in [2.05, 4.69) is 15.6 Å². The molecule has 0 spiro atoms. The highest BCUT2D eigenvalue weighted by molar-refractivity contribution is 6.22. The number of carbonyl (C=O) groups is 3. The first-order valence-corrected chi connectivity index (χ1v) is 8.36. The summed E-state index contributed by atoms with van der Waals surface area (Å²) in [5, 5.41) is 5.33. The van der Waals surface area contributed by atoms with Crippen LogP contribution in [0.15, 0.2) is 36.5 Å². The molecular formula is C19H20N4O3. The fraction of sp³-hybridized carbons (Fsp3) is 0.263. The molecule has 0 atom stereocenters. The molecule has 2 aromatic rings. The summed E-state index contributed by atoms with van der Waals surface area (Å²) in [6, 6.07) is 7.79. The number of pyridine rings is 1. The van der Waals surface area contributed by atoms with Crippen LogP contribution in [0.4, 0.5) is 16.2 Å². The average Bonchev–Trinajstić information content (AvgIpc) is 2.81. The molecule has 1 aromatic heterocycles. The molecule has 1 aliphatic heterocycles. The topological polar surface area (TPSA) is 91.4 Å². The first-order valence-electron chi connectivity index (χ1n) is 8.36. The predicted molar refractivity (Wildman–Crippen MR) is 98.3 cm³/mol. The van der Waals surface area contributed by atoms with E-state index in [9.17, 15) is 14.4 Å². The van der Waals surface area contributed by atoms with Gasteiger partial charge in [0.1, 0.15) is 0 Å². The van der Waals surface area contributed by atoms with Gasteiger partial charge in [0.2, 0.25) is 0 Å². The van der Waals surface area contributed by atoms with Crippen LogP contribution in [0, 0.1) is 12.8 Å². The minimum atomic E-state index is -0.452. The lowest BCUT2D eigenvalue weighted by atomic mass is 10.1. The SMILES string of the molecule is Cc1ccc(NC(=O)Nc2ccc3c(c2)C(=O)N(CC(C)C)C3=O)cn1. The second-order valence-electron chi connectivity index (χ2n) is 6.64. The summed E-state index contributed by atoms with van der Waals surface area (Å²) >= 11 is 0. The summed E-state index contributed by atoms with van der Waals surface area (Å²) in [6.45, 7) is 6.12. The van der Waals surface area contributed by atoms with E-state index in [0.717, 1.165) is 5.69 Å². The van der Waals surface area contributed by atoms with Gasteiger partial charge in [-0.3, -0.25) is 19.5 Å². The maximum absolute atomic E-state index is 12.5. The molecule has 7 heteroatoms. The number of hydrogen-bond acceptors (Lipinski definition) is 4. The van der Waals surface area contributed by atoms with Gasteiger partial charge in [0.05, 0.1) is 23.0 Å². The number of aryl methyl sites for hydroxylation is 1. The van der Waals surface area contributed by atoms with Crippen molar-refractivity contribution in [3.05, 3.63) is 53.3 Å². The van der Waals surface area contributed by atoms with E-state index in [1.807, 2.05) is 20.8 Å². The molecule has 4 amide bonds. The van der Waals surface area contributed by atoms with Gasteiger partial charge in [0, 0.05) is 17.9 Å². The first kappa shape index (κ1) is 17.6. The maximum atomic E-state index is 12.5. The van der Waals surface area contributed by atoms with Crippen molar-refractivity contribution >= 4 is 29.2 Å². The Balaban J connectivity index is 1.73. The van der Waals surface area contributed by atoms with Crippen molar-refractivity contribution in [1.29, 1.82) is 0 Å². The normalized spacial score (nSPS) is 13.2. The zero-order valence-corrected chi connectivity index (χ0v) is 14.9. The Labute approximate surface area is 151 Å². The molecule has 2 N–H and O–H groups in total. The van der Waals surface area contributed by atoms with E-state index in [-0.39, 0.29) is 17.7 Å². The van der Waals surface area contributed by atoms with Gasteiger partial charge >= 0.3 is 6.03 Å². The van der Waals surface area contributed by atoms with Gasteiger partial charge in [0.15, 0.2) is 0 Å². The summed E-state index contributed by atoms with van der Waals surface area (Å²) < 4.78 is 0. The van der Waals surface area contributed by atoms with Gasteiger partial charge in [-0.1, -0.05) is 13.8 Å². The number of nitrogens with one attached hydrogen (secondary N) is 2. The van der Waals surface area contributed by atoms with Crippen LogP contribution in [0.1, 0.15) is 40.3 Å². The van der Waals surface area contributed by atoms with E-state index in [1.54, 1.807) is 30.5 Å². The van der Waals surface area contributed by atoms with Crippen LogP contribution in [0.5, 0.6) is 0 Å². The molecule has 0 aliphatic carbocycles. The van der Waals surface area contributed by atoms with Gasteiger partial charge < -0.3 is 10.6 Å². The Morgan fingerprint density at radius 2 is 1.69 bits per heavy atom. The summed E-state index contributed by atoms with van der Waals surface area (Å²) in [5.74, 6) is -0.436. The van der Waals surface area contributed by atoms with Crippen LogP contribution >= 0.6 is 0 Å². The number of benzene rings is 1. The van der Waals surface area contributed by atoms with Crippen molar-refractivity contribution in [2.45, 2.75) is 20.8 Å². The van der Waals surface area contributed by atoms with Crippen LogP contribution in [0.3, 0.4) is 0 Å². The molecule has 0 radical (unpaired) electrons. The van der Waals surface area contributed by atoms with Crippen LogP contribution in [-0.4, -0.2) is 34.3 Å². The minimum absolute atomic E-state index is 0.184. The number of rotatable bonds is 4. The lowest BCUT2D eigenvalue weighted by Crippen LogP contribution is -2.33. The number of carbonyl (C=O) groups excluding carboxylic acids is 3. The number of hydrogen-bond donors (Lipinski definition) is 2. The van der Waals surface area contributed by atoms with Crippen molar-refractivity contribution < 1.29 is 14.4 Å². The Hall–Kier alpha value is -3.22. The van der Waals surface area contributed by atoms with Crippen molar-refractivity contribution in [2.24, 2.45) is 5.92 Å². The third-order valence-corrected chi connectivity index (χ3v) is 3.95. The predicted octanol–water partition coefficient (Wildman–Crippen LogP) is 3.29. The smallest absolute Gasteiger partial charge is 0.308 e. The number of nitrogens with zero attached hydrogens (tertiary/aromatic N) is 2. The third kappa shape index (κ3) is 3.56. The molecule has 0 bridgehead atoms. The minimum Gasteiger partial charge on any atom is -0.308 e. The number of aromatic nitrogens is 1. The average molecular weight is 352 g/mol. The van der Waals surface area contributed by atoms with E-state index in [0.29, 0.717) is 29.0 Å². The van der Waals surface area contributed by atoms with Crippen molar-refractivity contribution in [2.75, 3.05) is 17.2 Å². The Morgan fingerprint density at radius 3 is 2.35 bits per heavy atom. The molecule has 0 saturated carbocycles. The number of urea groups is 1. The second-order valence-corrected chi connectivity index (χ2v) is 6.64. The van der Waals surface area contributed by atoms with E-state index < -0.39 is 6.03 Å². The number of anilines is 2. The first-order chi connectivity index (χ1) is 12.3. The zero-order chi connectivity index (χ0) is 18.8. The van der Waals surface area contributed by atoms with E-state index >= 15 is 0 Å². The monoisotopic (exact) mass is 352 g/mol. The number of amides is 4. The summed E-state index contributed by atoms with van der Waals surface area (Å²) in [4.78, 5) is 42.3. The van der Waals surface area contributed by atoms with Gasteiger partial charge in [0.25, 0.3) is 11.8 Å². The van der Waals surface area contributed by atoms with Gasteiger partial charge in [-0.15, -0.1) is 0 Å². The summed E-state index contributed by atoms with van der Waals surface area (Å²) in [7, 11) is 0. The standard InChI is InChI=1S/C19H20N4O3/c1-11(2)10-23-17(24)15-7-6-13(8-16(15)18(23)25)21-19(26)22-14-5-4-12(3)20-9-14/h4-9,11H,10H2,1-3H3,(H2,21,22,26). The van der Waals surface area contributed by atoms with Crippen LogP contribution < -0.4 is 10.6 Å². The molecule has 0 saturated heterocycles. The van der Waals surface area contributed by atoms with Gasteiger partial charge in [-0.05, 0) is 43.2 Å². The molecular weight excluding hydrogens is 332 g/mol. The molecule has 3 rings (SSSR count). The maximum Gasteiger partial charge on any atom is 0.323 e. The molecule has 134 valence electrons. The van der Waals surface area contributed by atoms with Crippen LogP contribution in [-0.2, 0) is 0 Å². The second kappa shape index (κ2) is 6.95. The van der Waals surface area contributed by atoms with E-state index in [1.165, 1.54) is 11.0 Å². The molecule has 0 fully saturated rings. The van der Waals surface area contributed by atoms with Crippen molar-refractivity contribution in [1.82, 2.24) is 9.88 Å². The van der Waals surface area contributed by atoms with Crippen molar-refractivity contribution in [3.63, 3.8) is 0 Å². The number of fused-ring (bicyclic) bond motifs is 1. The van der Waals surface area contributed by atoms with E-state index in [4.69, 9.17) is 0 Å². The van der Waals surface area contributed by atoms with Crippen LogP contribution in [0.25, 0.3) is 0 Å². The summed E-state index contributed by atoms with van der Waals surface area (Å²) in [6.07, 6.45) is 1.56. The quantitative estimate of drug-likeness (QED) is 0.826. The number of imide groups is 1. The Kier molecular flexibility index (Phi) is 4.71. The lowest BCUT2D eigenvalue weighted by molar-refractivity contribution is 0.0636. The molecule has 7 nitrogen and oxygen atoms in total. The highest BCUT2D eigenvalue weighted by Crippen LogP contribution is 2.26. The Bertz CT molecular complexity index is 875. The van der Waals surface area contributed by atoms with Gasteiger partial charge in [-0.2, -0.15) is 0 Å². The fourth-order valence-electron chi connectivity index (χ4n) is 2.73.